The fourth-order valence-electron chi connectivity index (χ4n) is 3.82. The lowest BCUT2D eigenvalue weighted by molar-refractivity contribution is -0.125. The molecule has 0 aromatic heterocycles. The number of benzene rings is 3. The van der Waals surface area contributed by atoms with Crippen LogP contribution in [0.1, 0.15) is 17.2 Å². The highest BCUT2D eigenvalue weighted by molar-refractivity contribution is 6.31. The van der Waals surface area contributed by atoms with E-state index in [4.69, 9.17) is 25.8 Å². The fourth-order valence-corrected chi connectivity index (χ4v) is 3.98. The zero-order valence-corrected chi connectivity index (χ0v) is 19.7. The summed E-state index contributed by atoms with van der Waals surface area (Å²) < 4.78 is 16.0. The van der Waals surface area contributed by atoms with Crippen LogP contribution in [0.5, 0.6) is 17.2 Å². The second kappa shape index (κ2) is 10.5. The minimum Gasteiger partial charge on any atom is -0.497 e. The van der Waals surface area contributed by atoms with Crippen molar-refractivity contribution in [3.8, 4) is 17.2 Å². The monoisotopic (exact) mass is 480 g/mol. The van der Waals surface area contributed by atoms with Gasteiger partial charge in [0.05, 0.1) is 25.9 Å². The molecule has 0 fully saturated rings. The predicted molar refractivity (Wildman–Crippen MR) is 130 cm³/mol. The molecule has 176 valence electrons. The van der Waals surface area contributed by atoms with Crippen molar-refractivity contribution >= 4 is 29.1 Å². The summed E-state index contributed by atoms with van der Waals surface area (Å²) in [5.41, 5.74) is 2.43. The number of rotatable bonds is 8. The van der Waals surface area contributed by atoms with Gasteiger partial charge in [-0.25, -0.2) is 0 Å². The van der Waals surface area contributed by atoms with Gasteiger partial charge in [-0.2, -0.15) is 0 Å². The maximum absolute atomic E-state index is 13.1. The number of amides is 2. The maximum atomic E-state index is 13.1. The maximum Gasteiger partial charge on any atom is 0.265 e. The van der Waals surface area contributed by atoms with Gasteiger partial charge in [0.15, 0.2) is 6.61 Å². The van der Waals surface area contributed by atoms with Gasteiger partial charge in [-0.15, -0.1) is 0 Å². The molecule has 0 radical (unpaired) electrons. The number of hydrogen-bond donors (Lipinski definition) is 1. The topological polar surface area (TPSA) is 77.1 Å². The Labute approximate surface area is 203 Å². The molecule has 0 spiro atoms. The first-order valence-electron chi connectivity index (χ1n) is 10.8. The number of carbonyl (C=O) groups excluding carboxylic acids is 2. The molecule has 0 bridgehead atoms. The number of fused-ring (bicyclic) bond motifs is 1. The van der Waals surface area contributed by atoms with Gasteiger partial charge in [-0.05, 0) is 60.0 Å². The molecule has 7 nitrogen and oxygen atoms in total. The van der Waals surface area contributed by atoms with E-state index in [0.717, 1.165) is 22.6 Å². The summed E-state index contributed by atoms with van der Waals surface area (Å²) in [6, 6.07) is 19.9. The molecule has 0 saturated carbocycles. The lowest BCUT2D eigenvalue weighted by Crippen LogP contribution is -2.46. The summed E-state index contributed by atoms with van der Waals surface area (Å²) in [4.78, 5) is 27.1. The third-order valence-corrected chi connectivity index (χ3v) is 5.85. The Bertz CT molecular complexity index is 1160. The summed E-state index contributed by atoms with van der Waals surface area (Å²) in [6.45, 7) is -0.277. The van der Waals surface area contributed by atoms with E-state index in [-0.39, 0.29) is 31.0 Å². The van der Waals surface area contributed by atoms with Crippen molar-refractivity contribution in [1.29, 1.82) is 0 Å². The molecule has 1 N–H and O–H groups in total. The molecular weight excluding hydrogens is 456 g/mol. The average Bonchev–Trinajstić information content (AvgIpc) is 2.86. The van der Waals surface area contributed by atoms with Crippen LogP contribution in [0.15, 0.2) is 66.7 Å². The molecule has 0 aliphatic carbocycles. The lowest BCUT2D eigenvalue weighted by atomic mass is 9.98. The summed E-state index contributed by atoms with van der Waals surface area (Å²) in [5, 5.41) is 3.54. The Kier molecular flexibility index (Phi) is 7.23. The third kappa shape index (κ3) is 5.43. The Hall–Kier alpha value is -3.71. The summed E-state index contributed by atoms with van der Waals surface area (Å²) in [7, 11) is 3.22. The summed E-state index contributed by atoms with van der Waals surface area (Å²) in [5.74, 6) is 1.40. The first-order valence-corrected chi connectivity index (χ1v) is 11.1. The van der Waals surface area contributed by atoms with Crippen molar-refractivity contribution in [2.24, 2.45) is 0 Å². The van der Waals surface area contributed by atoms with Gasteiger partial charge in [0.2, 0.25) is 5.91 Å². The van der Waals surface area contributed by atoms with Gasteiger partial charge in [0, 0.05) is 5.02 Å². The molecule has 34 heavy (non-hydrogen) atoms. The van der Waals surface area contributed by atoms with E-state index in [1.54, 1.807) is 32.4 Å². The van der Waals surface area contributed by atoms with Gasteiger partial charge in [-0.1, -0.05) is 35.9 Å². The Morgan fingerprint density at radius 2 is 1.68 bits per heavy atom. The number of nitrogens with zero attached hydrogens (tertiary/aromatic N) is 1. The van der Waals surface area contributed by atoms with E-state index in [1.807, 2.05) is 48.5 Å². The van der Waals surface area contributed by atoms with E-state index in [2.05, 4.69) is 5.32 Å². The highest BCUT2D eigenvalue weighted by Gasteiger charge is 2.28. The number of ether oxygens (including phenoxy) is 3. The van der Waals surface area contributed by atoms with Crippen LogP contribution in [0.3, 0.4) is 0 Å². The molecular formula is C26H25ClN2O5. The van der Waals surface area contributed by atoms with E-state index in [9.17, 15) is 9.59 Å². The highest BCUT2D eigenvalue weighted by atomic mass is 35.5. The fraction of sp³-hybridized carbons (Fsp3) is 0.231. The van der Waals surface area contributed by atoms with Crippen molar-refractivity contribution in [2.75, 3.05) is 32.3 Å². The smallest absolute Gasteiger partial charge is 0.265 e. The zero-order valence-electron chi connectivity index (χ0n) is 18.9. The molecule has 1 aliphatic rings. The molecule has 1 aliphatic heterocycles. The van der Waals surface area contributed by atoms with Gasteiger partial charge < -0.3 is 19.5 Å². The van der Waals surface area contributed by atoms with Crippen LogP contribution in [-0.2, 0) is 16.0 Å². The van der Waals surface area contributed by atoms with Gasteiger partial charge in [0.1, 0.15) is 23.8 Å². The van der Waals surface area contributed by atoms with E-state index in [0.29, 0.717) is 22.9 Å². The number of carbonyl (C=O) groups is 2. The Morgan fingerprint density at radius 1 is 1.03 bits per heavy atom. The van der Waals surface area contributed by atoms with Gasteiger partial charge in [0.25, 0.3) is 5.91 Å². The molecule has 0 saturated heterocycles. The van der Waals surface area contributed by atoms with E-state index >= 15 is 0 Å². The lowest BCUT2D eigenvalue weighted by Gasteiger charge is -2.30. The normalized spacial score (nSPS) is 13.5. The van der Waals surface area contributed by atoms with Gasteiger partial charge in [-0.3, -0.25) is 14.5 Å². The Balaban J connectivity index is 1.55. The van der Waals surface area contributed by atoms with Gasteiger partial charge >= 0.3 is 0 Å². The number of anilines is 1. The average molecular weight is 481 g/mol. The molecule has 1 heterocycles. The van der Waals surface area contributed by atoms with Crippen molar-refractivity contribution in [3.63, 3.8) is 0 Å². The van der Waals surface area contributed by atoms with Crippen molar-refractivity contribution in [3.05, 3.63) is 82.9 Å². The quantitative estimate of drug-likeness (QED) is 0.523. The molecule has 1 atom stereocenters. The summed E-state index contributed by atoms with van der Waals surface area (Å²) >= 11 is 6.11. The van der Waals surface area contributed by atoms with Crippen molar-refractivity contribution in [1.82, 2.24) is 5.32 Å². The highest BCUT2D eigenvalue weighted by Crippen LogP contribution is 2.34. The SMILES string of the molecule is COc1ccc(CC(NC(=O)CN2C(=O)COc3ccc(Cl)cc32)c2ccc(OC)cc2)cc1. The number of hydrogen-bond acceptors (Lipinski definition) is 5. The van der Waals surface area contributed by atoms with Crippen LogP contribution in [0.4, 0.5) is 5.69 Å². The predicted octanol–water partition coefficient (Wildman–Crippen LogP) is 4.18. The molecule has 2 amide bonds. The summed E-state index contributed by atoms with van der Waals surface area (Å²) in [6.07, 6.45) is 0.557. The Morgan fingerprint density at radius 3 is 2.32 bits per heavy atom. The minimum absolute atomic E-state index is 0.129. The largest absolute Gasteiger partial charge is 0.497 e. The second-order valence-corrected chi connectivity index (χ2v) is 8.26. The number of halogens is 1. The standard InChI is InChI=1S/C26H25ClN2O5/c1-32-20-8-3-17(4-9-20)13-22(18-5-10-21(33-2)11-6-18)28-25(30)15-29-23-14-19(27)7-12-24(23)34-16-26(29)31/h3-12,14,22H,13,15-16H2,1-2H3,(H,28,30). The zero-order chi connectivity index (χ0) is 24.1. The molecule has 4 rings (SSSR count). The molecule has 8 heteroatoms. The van der Waals surface area contributed by atoms with Crippen LogP contribution < -0.4 is 24.4 Å². The van der Waals surface area contributed by atoms with E-state index < -0.39 is 0 Å². The van der Waals surface area contributed by atoms with Crippen LogP contribution in [-0.4, -0.2) is 39.2 Å². The first-order chi connectivity index (χ1) is 16.5. The molecule has 3 aromatic carbocycles. The van der Waals surface area contributed by atoms with Crippen LogP contribution in [0.2, 0.25) is 5.02 Å². The third-order valence-electron chi connectivity index (χ3n) is 5.62. The molecule has 1 unspecified atom stereocenters. The van der Waals surface area contributed by atoms with E-state index in [1.165, 1.54) is 4.90 Å². The second-order valence-electron chi connectivity index (χ2n) is 7.83. The molecule has 3 aromatic rings. The number of nitrogens with one attached hydrogen (secondary N) is 1. The van der Waals surface area contributed by atoms with Crippen LogP contribution in [0.25, 0.3) is 0 Å². The van der Waals surface area contributed by atoms with Crippen LogP contribution in [0, 0.1) is 0 Å². The number of methoxy groups -OCH3 is 2. The first kappa shape index (κ1) is 23.4. The van der Waals surface area contributed by atoms with Crippen molar-refractivity contribution < 1.29 is 23.8 Å². The van der Waals surface area contributed by atoms with Crippen molar-refractivity contribution in [2.45, 2.75) is 12.5 Å². The minimum atomic E-state index is -0.318. The van der Waals surface area contributed by atoms with Crippen LogP contribution >= 0.6 is 11.6 Å².